The Balaban J connectivity index is 2.40. The minimum absolute atomic E-state index is 0.105. The van der Waals surface area contributed by atoms with Gasteiger partial charge in [-0.15, -0.1) is 0 Å². The second-order valence-corrected chi connectivity index (χ2v) is 4.32. The Labute approximate surface area is 103 Å². The van der Waals surface area contributed by atoms with Gasteiger partial charge in [0, 0.05) is 6.54 Å². The lowest BCUT2D eigenvalue weighted by atomic mass is 10.1. The van der Waals surface area contributed by atoms with Gasteiger partial charge in [0.2, 0.25) is 5.91 Å². The van der Waals surface area contributed by atoms with E-state index in [-0.39, 0.29) is 5.91 Å². The molecule has 0 radical (unpaired) electrons. The summed E-state index contributed by atoms with van der Waals surface area (Å²) in [6, 6.07) is 9.31. The number of amides is 1. The van der Waals surface area contributed by atoms with Crippen LogP contribution in [-0.2, 0) is 11.2 Å². The molecule has 0 aliphatic heterocycles. The third kappa shape index (κ3) is 5.31. The van der Waals surface area contributed by atoms with Crippen molar-refractivity contribution in [1.29, 1.82) is 0 Å². The van der Waals surface area contributed by atoms with E-state index in [1.54, 1.807) is 0 Å². The monoisotopic (exact) mass is 232 g/mol. The lowest BCUT2D eigenvalue weighted by molar-refractivity contribution is -0.122. The first-order chi connectivity index (χ1) is 8.09. The average molecular weight is 232 g/mol. The highest BCUT2D eigenvalue weighted by Gasteiger charge is 2.12. The zero-order valence-corrected chi connectivity index (χ0v) is 10.4. The van der Waals surface area contributed by atoms with Crippen LogP contribution in [0.2, 0.25) is 0 Å². The van der Waals surface area contributed by atoms with Crippen molar-refractivity contribution in [1.82, 2.24) is 5.32 Å². The first-order valence-electron chi connectivity index (χ1n) is 5.80. The molecule has 1 atom stereocenters. The highest BCUT2D eigenvalue weighted by Crippen LogP contribution is 2.01. The van der Waals surface area contributed by atoms with Crippen LogP contribution in [0.15, 0.2) is 42.0 Å². The first-order valence-corrected chi connectivity index (χ1v) is 5.80. The molecule has 1 amide bonds. The summed E-state index contributed by atoms with van der Waals surface area (Å²) in [6.07, 6.45) is 2.54. The molecule has 17 heavy (non-hydrogen) atoms. The summed E-state index contributed by atoms with van der Waals surface area (Å²) in [6.45, 7) is 4.54. The van der Waals surface area contributed by atoms with Crippen LogP contribution in [0, 0.1) is 0 Å². The van der Waals surface area contributed by atoms with Gasteiger partial charge in [-0.05, 0) is 25.8 Å². The second kappa shape index (κ2) is 6.86. The van der Waals surface area contributed by atoms with Gasteiger partial charge in [0.1, 0.15) is 0 Å². The highest BCUT2D eigenvalue weighted by atomic mass is 16.2. The number of nitrogens with one attached hydrogen (secondary N) is 1. The lowest BCUT2D eigenvalue weighted by Crippen LogP contribution is -2.42. The van der Waals surface area contributed by atoms with Gasteiger partial charge in [-0.2, -0.15) is 0 Å². The van der Waals surface area contributed by atoms with E-state index >= 15 is 0 Å². The van der Waals surface area contributed by atoms with Gasteiger partial charge in [0.05, 0.1) is 6.04 Å². The molecule has 1 rings (SSSR count). The molecule has 0 saturated heterocycles. The predicted molar refractivity (Wildman–Crippen MR) is 70.6 cm³/mol. The molecular formula is C14H20N2O. The second-order valence-electron chi connectivity index (χ2n) is 4.32. The van der Waals surface area contributed by atoms with Crippen LogP contribution in [0.4, 0.5) is 0 Å². The molecule has 0 spiro atoms. The smallest absolute Gasteiger partial charge is 0.237 e. The van der Waals surface area contributed by atoms with Gasteiger partial charge in [-0.3, -0.25) is 4.79 Å². The summed E-state index contributed by atoms with van der Waals surface area (Å²) in [5.41, 5.74) is 8.10. The van der Waals surface area contributed by atoms with Gasteiger partial charge in [-0.1, -0.05) is 42.0 Å². The normalized spacial score (nSPS) is 11.7. The summed E-state index contributed by atoms with van der Waals surface area (Å²) in [7, 11) is 0. The molecule has 1 aromatic carbocycles. The summed E-state index contributed by atoms with van der Waals surface area (Å²) >= 11 is 0. The number of hydrogen-bond donors (Lipinski definition) is 2. The summed E-state index contributed by atoms with van der Waals surface area (Å²) < 4.78 is 0. The Morgan fingerprint density at radius 1 is 1.35 bits per heavy atom. The van der Waals surface area contributed by atoms with Crippen molar-refractivity contribution in [3.63, 3.8) is 0 Å². The number of rotatable bonds is 5. The van der Waals surface area contributed by atoms with Gasteiger partial charge < -0.3 is 11.1 Å². The van der Waals surface area contributed by atoms with Crippen LogP contribution in [0.5, 0.6) is 0 Å². The molecule has 0 fully saturated rings. The fraction of sp³-hybridized carbons (Fsp3) is 0.357. The maximum atomic E-state index is 11.7. The number of carbonyl (C=O) groups is 1. The zero-order valence-electron chi connectivity index (χ0n) is 10.4. The Morgan fingerprint density at radius 3 is 2.59 bits per heavy atom. The molecule has 3 heteroatoms. The van der Waals surface area contributed by atoms with Crippen molar-refractivity contribution < 1.29 is 4.79 Å². The van der Waals surface area contributed by atoms with Crippen molar-refractivity contribution in [2.75, 3.05) is 6.54 Å². The molecule has 0 aliphatic carbocycles. The van der Waals surface area contributed by atoms with Crippen LogP contribution in [0.1, 0.15) is 19.4 Å². The number of allylic oxidation sites excluding steroid dienone is 1. The summed E-state index contributed by atoms with van der Waals surface area (Å²) in [5, 5.41) is 2.79. The van der Waals surface area contributed by atoms with E-state index in [0.29, 0.717) is 13.0 Å². The maximum absolute atomic E-state index is 11.7. The topological polar surface area (TPSA) is 55.1 Å². The molecule has 1 unspecified atom stereocenters. The van der Waals surface area contributed by atoms with Gasteiger partial charge >= 0.3 is 0 Å². The molecule has 0 heterocycles. The Hall–Kier alpha value is -1.61. The predicted octanol–water partition coefficient (Wildman–Crippen LogP) is 1.64. The molecule has 0 aromatic heterocycles. The molecule has 1 aromatic rings. The average Bonchev–Trinajstić information content (AvgIpc) is 2.29. The van der Waals surface area contributed by atoms with Gasteiger partial charge in [0.25, 0.3) is 0 Å². The lowest BCUT2D eigenvalue weighted by Gasteiger charge is -2.11. The molecule has 0 aliphatic rings. The molecule has 0 saturated carbocycles. The van der Waals surface area contributed by atoms with E-state index in [1.165, 1.54) is 5.57 Å². The minimum atomic E-state index is -0.483. The molecule has 3 N–H and O–H groups in total. The molecule has 0 bridgehead atoms. The summed E-state index contributed by atoms with van der Waals surface area (Å²) in [4.78, 5) is 11.7. The van der Waals surface area contributed by atoms with Crippen molar-refractivity contribution in [2.24, 2.45) is 5.73 Å². The maximum Gasteiger partial charge on any atom is 0.237 e. The van der Waals surface area contributed by atoms with E-state index < -0.39 is 6.04 Å². The van der Waals surface area contributed by atoms with Crippen molar-refractivity contribution in [3.8, 4) is 0 Å². The van der Waals surface area contributed by atoms with E-state index in [1.807, 2.05) is 50.3 Å². The molecule has 3 nitrogen and oxygen atoms in total. The van der Waals surface area contributed by atoms with Crippen LogP contribution in [-0.4, -0.2) is 18.5 Å². The van der Waals surface area contributed by atoms with Crippen LogP contribution in [0.25, 0.3) is 0 Å². The quantitative estimate of drug-likeness (QED) is 0.758. The highest BCUT2D eigenvalue weighted by molar-refractivity contribution is 5.81. The largest absolute Gasteiger partial charge is 0.351 e. The van der Waals surface area contributed by atoms with Crippen LogP contribution >= 0.6 is 0 Å². The van der Waals surface area contributed by atoms with Gasteiger partial charge in [-0.25, -0.2) is 0 Å². The van der Waals surface area contributed by atoms with E-state index in [2.05, 4.69) is 5.32 Å². The standard InChI is InChI=1S/C14H20N2O/c1-11(2)8-9-16-14(17)13(15)10-12-6-4-3-5-7-12/h3-8,13H,9-10,15H2,1-2H3,(H,16,17). The molecular weight excluding hydrogens is 212 g/mol. The van der Waals surface area contributed by atoms with E-state index in [0.717, 1.165) is 5.56 Å². The Bertz CT molecular complexity index is 380. The SMILES string of the molecule is CC(C)=CCNC(=O)C(N)Cc1ccccc1. The van der Waals surface area contributed by atoms with Crippen molar-refractivity contribution >= 4 is 5.91 Å². The molecule has 92 valence electrons. The van der Waals surface area contributed by atoms with Gasteiger partial charge in [0.15, 0.2) is 0 Å². The van der Waals surface area contributed by atoms with Crippen molar-refractivity contribution in [2.45, 2.75) is 26.3 Å². The Kier molecular flexibility index (Phi) is 5.43. The van der Waals surface area contributed by atoms with Crippen molar-refractivity contribution in [3.05, 3.63) is 47.5 Å². The number of hydrogen-bond acceptors (Lipinski definition) is 2. The van der Waals surface area contributed by atoms with E-state index in [4.69, 9.17) is 5.73 Å². The first kappa shape index (κ1) is 13.5. The fourth-order valence-electron chi connectivity index (χ4n) is 1.45. The summed E-state index contributed by atoms with van der Waals surface area (Å²) in [5.74, 6) is -0.105. The van der Waals surface area contributed by atoms with E-state index in [9.17, 15) is 4.79 Å². The third-order valence-electron chi connectivity index (χ3n) is 2.42. The number of carbonyl (C=O) groups excluding carboxylic acids is 1. The minimum Gasteiger partial charge on any atom is -0.351 e. The zero-order chi connectivity index (χ0) is 12.7. The van der Waals surface area contributed by atoms with Crippen LogP contribution in [0.3, 0.4) is 0 Å². The fourth-order valence-corrected chi connectivity index (χ4v) is 1.45. The number of benzene rings is 1. The third-order valence-corrected chi connectivity index (χ3v) is 2.42. The Morgan fingerprint density at radius 2 is 2.00 bits per heavy atom. The number of nitrogens with two attached hydrogens (primary N) is 1. The van der Waals surface area contributed by atoms with Crippen LogP contribution < -0.4 is 11.1 Å².